The average molecular weight is 327 g/mol. The summed E-state index contributed by atoms with van der Waals surface area (Å²) in [4.78, 5) is 18.0. The number of hydrogen-bond donors (Lipinski definition) is 1. The zero-order chi connectivity index (χ0) is 16.3. The zero-order valence-corrected chi connectivity index (χ0v) is 14.1. The molecule has 5 nitrogen and oxygen atoms in total. The van der Waals surface area contributed by atoms with E-state index in [2.05, 4.69) is 4.98 Å². The summed E-state index contributed by atoms with van der Waals surface area (Å²) in [6.07, 6.45) is 3.23. The molecule has 0 spiro atoms. The van der Waals surface area contributed by atoms with E-state index in [0.29, 0.717) is 29.7 Å². The van der Waals surface area contributed by atoms with Crippen molar-refractivity contribution in [2.45, 2.75) is 51.7 Å². The molecule has 1 saturated heterocycles. The van der Waals surface area contributed by atoms with Crippen LogP contribution in [0.5, 0.6) is 0 Å². The van der Waals surface area contributed by atoms with E-state index >= 15 is 0 Å². The van der Waals surface area contributed by atoms with Gasteiger partial charge >= 0.3 is 6.09 Å². The molecule has 22 heavy (non-hydrogen) atoms. The van der Waals surface area contributed by atoms with Crippen molar-refractivity contribution in [2.24, 2.45) is 0 Å². The second-order valence-electron chi connectivity index (χ2n) is 6.60. The molecule has 1 amide bonds. The van der Waals surface area contributed by atoms with Crippen LogP contribution in [0.25, 0.3) is 0 Å². The van der Waals surface area contributed by atoms with Crippen LogP contribution in [0, 0.1) is 0 Å². The summed E-state index contributed by atoms with van der Waals surface area (Å²) >= 11 is 6.09. The average Bonchev–Trinajstić information content (AvgIpc) is 2.45. The van der Waals surface area contributed by atoms with Crippen molar-refractivity contribution < 1.29 is 14.6 Å². The van der Waals surface area contributed by atoms with Crippen molar-refractivity contribution in [1.29, 1.82) is 0 Å². The number of nitrogens with zero attached hydrogens (tertiary/aromatic N) is 2. The quantitative estimate of drug-likeness (QED) is 0.905. The molecule has 0 atom stereocenters. The lowest BCUT2D eigenvalue weighted by Crippen LogP contribution is -2.41. The molecule has 0 bridgehead atoms. The van der Waals surface area contributed by atoms with Crippen LogP contribution >= 0.6 is 11.6 Å². The first-order chi connectivity index (χ1) is 10.3. The fourth-order valence-corrected chi connectivity index (χ4v) is 2.78. The monoisotopic (exact) mass is 326 g/mol. The molecular formula is C16H23ClN2O3. The Kier molecular flexibility index (Phi) is 5.29. The fourth-order valence-electron chi connectivity index (χ4n) is 2.54. The minimum absolute atomic E-state index is 0.157. The molecule has 0 saturated carbocycles. The van der Waals surface area contributed by atoms with Gasteiger partial charge in [0.25, 0.3) is 0 Å². The van der Waals surface area contributed by atoms with Crippen molar-refractivity contribution in [3.8, 4) is 0 Å². The van der Waals surface area contributed by atoms with Gasteiger partial charge in [0.2, 0.25) is 0 Å². The minimum atomic E-state index is -0.467. The Balaban J connectivity index is 1.94. The molecule has 2 heterocycles. The number of hydrogen-bond acceptors (Lipinski definition) is 4. The van der Waals surface area contributed by atoms with E-state index in [-0.39, 0.29) is 12.7 Å². The summed E-state index contributed by atoms with van der Waals surface area (Å²) in [5, 5.41) is 9.60. The number of halogens is 1. The molecule has 122 valence electrons. The van der Waals surface area contributed by atoms with Crippen LogP contribution in [0.2, 0.25) is 5.02 Å². The van der Waals surface area contributed by atoms with Gasteiger partial charge in [-0.05, 0) is 51.2 Å². The van der Waals surface area contributed by atoms with Crippen LogP contribution in [0.3, 0.4) is 0 Å². The predicted molar refractivity (Wildman–Crippen MR) is 85.0 cm³/mol. The van der Waals surface area contributed by atoms with Gasteiger partial charge in [0.15, 0.2) is 0 Å². The SMILES string of the molecule is CC(C)(C)OC(=O)N1CCC(c2cnc(CO)c(Cl)c2)CC1. The lowest BCUT2D eigenvalue weighted by Gasteiger charge is -2.33. The van der Waals surface area contributed by atoms with Crippen molar-refractivity contribution in [3.05, 3.63) is 28.5 Å². The molecular weight excluding hydrogens is 304 g/mol. The molecule has 6 heteroatoms. The Morgan fingerprint density at radius 2 is 2.09 bits per heavy atom. The number of likely N-dealkylation sites (tertiary alicyclic amines) is 1. The number of aliphatic hydroxyl groups excluding tert-OH is 1. The Bertz CT molecular complexity index is 535. The summed E-state index contributed by atoms with van der Waals surface area (Å²) in [6, 6.07) is 1.87. The van der Waals surface area contributed by atoms with Gasteiger partial charge in [0.05, 0.1) is 17.3 Å². The minimum Gasteiger partial charge on any atom is -0.444 e. The lowest BCUT2D eigenvalue weighted by molar-refractivity contribution is 0.0205. The van der Waals surface area contributed by atoms with Gasteiger partial charge < -0.3 is 14.7 Å². The largest absolute Gasteiger partial charge is 0.444 e. The van der Waals surface area contributed by atoms with Gasteiger partial charge in [-0.3, -0.25) is 4.98 Å². The third-order valence-electron chi connectivity index (χ3n) is 3.71. The van der Waals surface area contributed by atoms with Gasteiger partial charge in [0.1, 0.15) is 5.60 Å². The number of carbonyl (C=O) groups excluding carboxylic acids is 1. The smallest absolute Gasteiger partial charge is 0.410 e. The molecule has 2 rings (SSSR count). The third-order valence-corrected chi connectivity index (χ3v) is 4.03. The van der Waals surface area contributed by atoms with Gasteiger partial charge in [-0.2, -0.15) is 0 Å². The Morgan fingerprint density at radius 1 is 1.45 bits per heavy atom. The van der Waals surface area contributed by atoms with E-state index in [1.807, 2.05) is 26.8 Å². The molecule has 1 N–H and O–H groups in total. The summed E-state index contributed by atoms with van der Waals surface area (Å²) in [7, 11) is 0. The first kappa shape index (κ1) is 17.0. The van der Waals surface area contributed by atoms with Gasteiger partial charge in [-0.25, -0.2) is 4.79 Å². The number of ether oxygens (including phenoxy) is 1. The van der Waals surface area contributed by atoms with Crippen molar-refractivity contribution in [3.63, 3.8) is 0 Å². The number of carbonyl (C=O) groups is 1. The first-order valence-corrected chi connectivity index (χ1v) is 7.91. The maximum absolute atomic E-state index is 12.0. The second kappa shape index (κ2) is 6.84. The molecule has 1 aliphatic heterocycles. The number of aliphatic hydroxyl groups is 1. The molecule has 0 aliphatic carbocycles. The Hall–Kier alpha value is -1.33. The number of amides is 1. The lowest BCUT2D eigenvalue weighted by atomic mass is 9.90. The topological polar surface area (TPSA) is 62.7 Å². The number of piperidine rings is 1. The predicted octanol–water partition coefficient (Wildman–Crippen LogP) is 3.34. The zero-order valence-electron chi connectivity index (χ0n) is 13.3. The van der Waals surface area contributed by atoms with Crippen LogP contribution in [-0.4, -0.2) is 39.8 Å². The van der Waals surface area contributed by atoms with Crippen LogP contribution in [0.1, 0.15) is 50.8 Å². The van der Waals surface area contributed by atoms with Crippen molar-refractivity contribution in [1.82, 2.24) is 9.88 Å². The first-order valence-electron chi connectivity index (χ1n) is 7.53. The van der Waals surface area contributed by atoms with E-state index in [0.717, 1.165) is 18.4 Å². The summed E-state index contributed by atoms with van der Waals surface area (Å²) in [6.45, 7) is 6.78. The molecule has 1 fully saturated rings. The Morgan fingerprint density at radius 3 is 2.59 bits per heavy atom. The highest BCUT2D eigenvalue weighted by Crippen LogP contribution is 2.30. The number of pyridine rings is 1. The highest BCUT2D eigenvalue weighted by Gasteiger charge is 2.27. The van der Waals surface area contributed by atoms with Crippen LogP contribution in [0.4, 0.5) is 4.79 Å². The summed E-state index contributed by atoms with van der Waals surface area (Å²) < 4.78 is 5.39. The third kappa shape index (κ3) is 4.34. The standard InChI is InChI=1S/C16H23ClN2O3/c1-16(2,3)22-15(21)19-6-4-11(5-7-19)12-8-13(17)14(10-20)18-9-12/h8-9,11,20H,4-7,10H2,1-3H3. The number of rotatable bonds is 2. The molecule has 0 aromatic carbocycles. The van der Waals surface area contributed by atoms with E-state index in [9.17, 15) is 4.79 Å². The van der Waals surface area contributed by atoms with E-state index < -0.39 is 5.60 Å². The highest BCUT2D eigenvalue weighted by molar-refractivity contribution is 6.31. The summed E-state index contributed by atoms with van der Waals surface area (Å²) in [5.74, 6) is 0.330. The van der Waals surface area contributed by atoms with E-state index in [1.54, 1.807) is 11.1 Å². The van der Waals surface area contributed by atoms with E-state index in [4.69, 9.17) is 21.4 Å². The molecule has 1 aromatic heterocycles. The molecule has 1 aliphatic rings. The maximum Gasteiger partial charge on any atom is 0.410 e. The normalized spacial score (nSPS) is 16.7. The van der Waals surface area contributed by atoms with Crippen LogP contribution in [0.15, 0.2) is 12.3 Å². The number of aromatic nitrogens is 1. The van der Waals surface area contributed by atoms with Crippen LogP contribution < -0.4 is 0 Å². The Labute approximate surface area is 136 Å². The summed E-state index contributed by atoms with van der Waals surface area (Å²) in [5.41, 5.74) is 1.09. The van der Waals surface area contributed by atoms with Gasteiger partial charge in [-0.15, -0.1) is 0 Å². The van der Waals surface area contributed by atoms with Gasteiger partial charge in [-0.1, -0.05) is 11.6 Å². The van der Waals surface area contributed by atoms with Crippen molar-refractivity contribution in [2.75, 3.05) is 13.1 Å². The second-order valence-corrected chi connectivity index (χ2v) is 7.00. The highest BCUT2D eigenvalue weighted by atomic mass is 35.5. The molecule has 0 unspecified atom stereocenters. The van der Waals surface area contributed by atoms with E-state index in [1.165, 1.54) is 0 Å². The van der Waals surface area contributed by atoms with Gasteiger partial charge in [0, 0.05) is 19.3 Å². The van der Waals surface area contributed by atoms with Crippen molar-refractivity contribution >= 4 is 17.7 Å². The molecule has 0 radical (unpaired) electrons. The molecule has 1 aromatic rings. The fraction of sp³-hybridized carbons (Fsp3) is 0.625. The maximum atomic E-state index is 12.0. The van der Waals surface area contributed by atoms with Crippen LogP contribution in [-0.2, 0) is 11.3 Å².